The van der Waals surface area contributed by atoms with Crippen molar-refractivity contribution in [3.05, 3.63) is 53.8 Å². The molecule has 1 saturated heterocycles. The van der Waals surface area contributed by atoms with E-state index in [0.29, 0.717) is 10.9 Å². The Balaban J connectivity index is 1.81. The quantitative estimate of drug-likeness (QED) is 0.787. The van der Waals surface area contributed by atoms with E-state index in [2.05, 4.69) is 10.4 Å². The largest absolute Gasteiger partial charge is 0.473 e. The molecule has 0 atom stereocenters. The minimum absolute atomic E-state index is 0.0332. The van der Waals surface area contributed by atoms with E-state index in [1.807, 2.05) is 0 Å². The lowest BCUT2D eigenvalue weighted by Gasteiger charge is -2.22. The fourth-order valence-corrected chi connectivity index (χ4v) is 3.06. The number of aromatic nitrogens is 2. The SMILES string of the molecule is Fc1ccc(-n2nc(OC3CCNCC3)c3cc(F)ccc32)c(F)c1. The highest BCUT2D eigenvalue weighted by Gasteiger charge is 2.21. The molecular formula is C18H16F3N3O. The maximum absolute atomic E-state index is 14.2. The molecule has 1 aromatic heterocycles. The van der Waals surface area contributed by atoms with Gasteiger partial charge >= 0.3 is 0 Å². The summed E-state index contributed by atoms with van der Waals surface area (Å²) in [5.74, 6) is -1.59. The van der Waals surface area contributed by atoms with Crippen molar-refractivity contribution >= 4 is 10.9 Å². The van der Waals surface area contributed by atoms with E-state index in [1.165, 1.54) is 28.9 Å². The molecule has 4 rings (SSSR count). The first-order valence-electron chi connectivity index (χ1n) is 8.13. The monoisotopic (exact) mass is 347 g/mol. The molecule has 0 bridgehead atoms. The summed E-state index contributed by atoms with van der Waals surface area (Å²) in [6.45, 7) is 1.68. The van der Waals surface area contributed by atoms with Crippen molar-refractivity contribution in [2.75, 3.05) is 13.1 Å². The third-order valence-corrected chi connectivity index (χ3v) is 4.31. The number of hydrogen-bond donors (Lipinski definition) is 1. The minimum Gasteiger partial charge on any atom is -0.473 e. The summed E-state index contributed by atoms with van der Waals surface area (Å²) >= 11 is 0. The number of rotatable bonds is 3. The second-order valence-electron chi connectivity index (χ2n) is 6.04. The Morgan fingerprint density at radius 1 is 1.00 bits per heavy atom. The molecule has 130 valence electrons. The number of fused-ring (bicyclic) bond motifs is 1. The predicted molar refractivity (Wildman–Crippen MR) is 87.5 cm³/mol. The molecule has 0 radical (unpaired) electrons. The lowest BCUT2D eigenvalue weighted by molar-refractivity contribution is 0.157. The van der Waals surface area contributed by atoms with Crippen LogP contribution in [0.25, 0.3) is 16.6 Å². The average Bonchev–Trinajstić information content (AvgIpc) is 2.93. The van der Waals surface area contributed by atoms with Crippen LogP contribution in [0.15, 0.2) is 36.4 Å². The van der Waals surface area contributed by atoms with Gasteiger partial charge in [0.2, 0.25) is 5.88 Å². The van der Waals surface area contributed by atoms with Crippen LogP contribution >= 0.6 is 0 Å². The number of nitrogens with one attached hydrogen (secondary N) is 1. The summed E-state index contributed by atoms with van der Waals surface area (Å²) in [7, 11) is 0. The van der Waals surface area contributed by atoms with Gasteiger partial charge in [-0.25, -0.2) is 17.9 Å². The molecule has 0 saturated carbocycles. The molecule has 1 aliphatic rings. The molecule has 1 fully saturated rings. The maximum atomic E-state index is 14.2. The first kappa shape index (κ1) is 16.0. The Bertz CT molecular complexity index is 919. The van der Waals surface area contributed by atoms with Crippen LogP contribution in [0.4, 0.5) is 13.2 Å². The number of piperidine rings is 1. The lowest BCUT2D eigenvalue weighted by atomic mass is 10.1. The van der Waals surface area contributed by atoms with Crippen LogP contribution in [0.5, 0.6) is 5.88 Å². The molecule has 2 aromatic carbocycles. The number of hydrogen-bond acceptors (Lipinski definition) is 3. The van der Waals surface area contributed by atoms with Crippen LogP contribution in [-0.2, 0) is 0 Å². The molecule has 1 aliphatic heterocycles. The van der Waals surface area contributed by atoms with Gasteiger partial charge in [0.1, 0.15) is 23.4 Å². The molecule has 25 heavy (non-hydrogen) atoms. The van der Waals surface area contributed by atoms with Crippen molar-refractivity contribution in [1.82, 2.24) is 15.1 Å². The topological polar surface area (TPSA) is 39.1 Å². The zero-order valence-corrected chi connectivity index (χ0v) is 13.3. The van der Waals surface area contributed by atoms with Gasteiger partial charge in [-0.2, -0.15) is 0 Å². The highest BCUT2D eigenvalue weighted by molar-refractivity contribution is 5.86. The van der Waals surface area contributed by atoms with Gasteiger partial charge in [-0.1, -0.05) is 0 Å². The van der Waals surface area contributed by atoms with Gasteiger partial charge in [0, 0.05) is 6.07 Å². The van der Waals surface area contributed by atoms with Gasteiger partial charge in [-0.3, -0.25) is 0 Å². The van der Waals surface area contributed by atoms with Crippen LogP contribution in [0.2, 0.25) is 0 Å². The third kappa shape index (κ3) is 3.07. The molecular weight excluding hydrogens is 331 g/mol. The van der Waals surface area contributed by atoms with Crippen molar-refractivity contribution in [3.8, 4) is 11.6 Å². The number of benzene rings is 2. The molecule has 1 N–H and O–H groups in total. The van der Waals surface area contributed by atoms with Crippen LogP contribution in [-0.4, -0.2) is 29.0 Å². The Morgan fingerprint density at radius 2 is 1.72 bits per heavy atom. The first-order valence-corrected chi connectivity index (χ1v) is 8.13. The van der Waals surface area contributed by atoms with Crippen molar-refractivity contribution < 1.29 is 17.9 Å². The summed E-state index contributed by atoms with van der Waals surface area (Å²) < 4.78 is 48.4. The van der Waals surface area contributed by atoms with Crippen LogP contribution < -0.4 is 10.1 Å². The van der Waals surface area contributed by atoms with Gasteiger partial charge in [0.25, 0.3) is 0 Å². The fraction of sp³-hybridized carbons (Fsp3) is 0.278. The molecule has 4 nitrogen and oxygen atoms in total. The molecule has 7 heteroatoms. The summed E-state index contributed by atoms with van der Waals surface area (Å²) in [5.41, 5.74) is 0.578. The maximum Gasteiger partial charge on any atom is 0.241 e. The van der Waals surface area contributed by atoms with E-state index in [9.17, 15) is 13.2 Å². The molecule has 3 aromatic rings. The van der Waals surface area contributed by atoms with E-state index in [4.69, 9.17) is 4.74 Å². The number of nitrogens with zero attached hydrogens (tertiary/aromatic N) is 2. The van der Waals surface area contributed by atoms with Gasteiger partial charge in [0.15, 0.2) is 5.82 Å². The Labute approximate surface area is 142 Å². The van der Waals surface area contributed by atoms with E-state index < -0.39 is 17.5 Å². The predicted octanol–water partition coefficient (Wildman–Crippen LogP) is 3.57. The van der Waals surface area contributed by atoms with E-state index in [0.717, 1.165) is 38.1 Å². The van der Waals surface area contributed by atoms with Gasteiger partial charge in [-0.15, -0.1) is 5.10 Å². The Hall–Kier alpha value is -2.54. The Morgan fingerprint density at radius 3 is 2.48 bits per heavy atom. The summed E-state index contributed by atoms with van der Waals surface area (Å²) in [4.78, 5) is 0. The standard InChI is InChI=1S/C18H16F3N3O/c19-11-1-3-16-14(9-11)18(25-13-5-7-22-8-6-13)23-24(16)17-4-2-12(20)10-15(17)21/h1-4,9-10,13,22H,5-8H2. The van der Waals surface area contributed by atoms with Crippen LogP contribution in [0, 0.1) is 17.5 Å². The summed E-state index contributed by atoms with van der Waals surface area (Å²) in [6, 6.07) is 7.35. The van der Waals surface area contributed by atoms with Crippen molar-refractivity contribution in [2.24, 2.45) is 0 Å². The third-order valence-electron chi connectivity index (χ3n) is 4.31. The van der Waals surface area contributed by atoms with E-state index in [1.54, 1.807) is 0 Å². The van der Waals surface area contributed by atoms with Crippen LogP contribution in [0.3, 0.4) is 0 Å². The van der Waals surface area contributed by atoms with Gasteiger partial charge < -0.3 is 10.1 Å². The molecule has 2 heterocycles. The zero-order valence-electron chi connectivity index (χ0n) is 13.3. The highest BCUT2D eigenvalue weighted by Crippen LogP contribution is 2.30. The van der Waals surface area contributed by atoms with Gasteiger partial charge in [-0.05, 0) is 56.3 Å². The van der Waals surface area contributed by atoms with Gasteiger partial charge in [0.05, 0.1) is 10.9 Å². The minimum atomic E-state index is -0.748. The molecule has 0 aliphatic carbocycles. The lowest BCUT2D eigenvalue weighted by Crippen LogP contribution is -2.34. The second-order valence-corrected chi connectivity index (χ2v) is 6.04. The van der Waals surface area contributed by atoms with Crippen molar-refractivity contribution in [2.45, 2.75) is 18.9 Å². The number of halogens is 3. The fourth-order valence-electron chi connectivity index (χ4n) is 3.06. The smallest absolute Gasteiger partial charge is 0.241 e. The zero-order chi connectivity index (χ0) is 17.4. The van der Waals surface area contributed by atoms with E-state index in [-0.39, 0.29) is 17.7 Å². The highest BCUT2D eigenvalue weighted by atomic mass is 19.1. The Kier molecular flexibility index (Phi) is 4.09. The summed E-state index contributed by atoms with van der Waals surface area (Å²) in [5, 5.41) is 8.03. The molecule has 0 unspecified atom stereocenters. The average molecular weight is 347 g/mol. The van der Waals surface area contributed by atoms with Crippen molar-refractivity contribution in [1.29, 1.82) is 0 Å². The second kappa shape index (κ2) is 6.40. The van der Waals surface area contributed by atoms with E-state index >= 15 is 0 Å². The van der Waals surface area contributed by atoms with Crippen LogP contribution in [0.1, 0.15) is 12.8 Å². The normalized spacial score (nSPS) is 15.6. The summed E-state index contributed by atoms with van der Waals surface area (Å²) in [6.07, 6.45) is 1.59. The van der Waals surface area contributed by atoms with Crippen molar-refractivity contribution in [3.63, 3.8) is 0 Å². The molecule has 0 spiro atoms. The number of ether oxygens (including phenoxy) is 1. The molecule has 0 amide bonds. The first-order chi connectivity index (χ1) is 12.1.